The van der Waals surface area contributed by atoms with Crippen LogP contribution in [0.1, 0.15) is 24.0 Å². The zero-order chi connectivity index (χ0) is 23.5. The number of amides is 1. The highest BCUT2D eigenvalue weighted by Gasteiger charge is 2.27. The van der Waals surface area contributed by atoms with Crippen molar-refractivity contribution in [3.05, 3.63) is 59.7 Å². The molecule has 0 radical (unpaired) electrons. The Morgan fingerprint density at radius 2 is 1.72 bits per heavy atom. The summed E-state index contributed by atoms with van der Waals surface area (Å²) < 4.78 is 5.07. The number of aliphatic carboxylic acids is 2. The molecule has 0 aliphatic heterocycles. The number of phenols is 1. The number of aromatic hydroxyl groups is 1. The van der Waals surface area contributed by atoms with Gasteiger partial charge in [0, 0.05) is 6.42 Å². The summed E-state index contributed by atoms with van der Waals surface area (Å²) in [7, 11) is 1.46. The van der Waals surface area contributed by atoms with E-state index in [9.17, 15) is 24.6 Å². The maximum absolute atomic E-state index is 12.6. The molecule has 0 saturated heterocycles. The molecule has 172 valence electrons. The van der Waals surface area contributed by atoms with Gasteiger partial charge in [0.25, 0.3) is 0 Å². The van der Waals surface area contributed by atoms with Crippen molar-refractivity contribution in [2.45, 2.75) is 37.8 Å². The van der Waals surface area contributed by atoms with Crippen LogP contribution in [0.3, 0.4) is 0 Å². The molecule has 2 aromatic carbocycles. The minimum absolute atomic E-state index is 0.0417. The second kappa shape index (κ2) is 12.3. The van der Waals surface area contributed by atoms with Crippen LogP contribution < -0.4 is 15.4 Å². The molecule has 0 aliphatic carbocycles. The van der Waals surface area contributed by atoms with Crippen LogP contribution in [0, 0.1) is 0 Å². The fourth-order valence-corrected chi connectivity index (χ4v) is 3.24. The van der Waals surface area contributed by atoms with Crippen LogP contribution in [0.2, 0.25) is 0 Å². The Balaban J connectivity index is 1.95. The van der Waals surface area contributed by atoms with E-state index in [1.54, 1.807) is 48.5 Å². The van der Waals surface area contributed by atoms with Gasteiger partial charge in [0.2, 0.25) is 5.91 Å². The van der Waals surface area contributed by atoms with Gasteiger partial charge in [0.05, 0.1) is 19.6 Å². The van der Waals surface area contributed by atoms with E-state index in [4.69, 9.17) is 9.84 Å². The Morgan fingerprint density at radius 1 is 1.00 bits per heavy atom. The molecule has 2 aromatic rings. The fraction of sp³-hybridized carbons (Fsp3) is 0.348. The average molecular weight is 444 g/mol. The highest BCUT2D eigenvalue weighted by atomic mass is 16.5. The number of para-hydroxylation sites is 1. The molecule has 0 fully saturated rings. The summed E-state index contributed by atoms with van der Waals surface area (Å²) >= 11 is 0. The Morgan fingerprint density at radius 3 is 2.34 bits per heavy atom. The summed E-state index contributed by atoms with van der Waals surface area (Å²) in [5, 5.41) is 34.1. The molecule has 2 atom stereocenters. The zero-order valence-corrected chi connectivity index (χ0v) is 17.8. The molecule has 0 aliphatic rings. The lowest BCUT2D eigenvalue weighted by molar-refractivity contribution is -0.143. The first-order valence-electron chi connectivity index (χ1n) is 10.2. The summed E-state index contributed by atoms with van der Waals surface area (Å²) in [6.07, 6.45) is 0.574. The smallest absolute Gasteiger partial charge is 0.326 e. The number of rotatable bonds is 13. The first-order valence-corrected chi connectivity index (χ1v) is 10.2. The maximum atomic E-state index is 12.6. The zero-order valence-electron chi connectivity index (χ0n) is 17.8. The van der Waals surface area contributed by atoms with E-state index >= 15 is 0 Å². The Labute approximate surface area is 186 Å². The molecule has 5 N–H and O–H groups in total. The number of nitrogens with one attached hydrogen (secondary N) is 2. The molecular weight excluding hydrogens is 416 g/mol. The second-order valence-electron chi connectivity index (χ2n) is 7.27. The standard InChI is InChI=1S/C23H28N2O7/c1-32-19-11-5-9-16(21(19)28)10-6-12-24-17(14-20(26)27)22(29)25-18(23(30)31)13-15-7-3-2-4-8-15/h2-5,7-9,11,17-18,24,28H,6,10,12-14H2,1H3,(H,25,29)(H,26,27)(H,30,31)/t17-,18-/m0/s1. The number of methoxy groups -OCH3 is 1. The molecule has 0 bridgehead atoms. The Kier molecular flexibility index (Phi) is 9.49. The van der Waals surface area contributed by atoms with Gasteiger partial charge in [-0.05, 0) is 36.6 Å². The lowest BCUT2D eigenvalue weighted by Crippen LogP contribution is -2.51. The van der Waals surface area contributed by atoms with Gasteiger partial charge in [-0.1, -0.05) is 42.5 Å². The van der Waals surface area contributed by atoms with Crippen LogP contribution >= 0.6 is 0 Å². The highest BCUT2D eigenvalue weighted by Crippen LogP contribution is 2.29. The molecule has 9 nitrogen and oxygen atoms in total. The quantitative estimate of drug-likeness (QED) is 0.293. The summed E-state index contributed by atoms with van der Waals surface area (Å²) in [5.41, 5.74) is 1.40. The van der Waals surface area contributed by atoms with Crippen molar-refractivity contribution in [2.75, 3.05) is 13.7 Å². The molecule has 0 spiro atoms. The Hall–Kier alpha value is -3.59. The van der Waals surface area contributed by atoms with Gasteiger partial charge in [-0.2, -0.15) is 0 Å². The molecule has 2 rings (SSSR count). The van der Waals surface area contributed by atoms with Gasteiger partial charge in [0.1, 0.15) is 6.04 Å². The molecule has 0 heterocycles. The van der Waals surface area contributed by atoms with Gasteiger partial charge < -0.3 is 30.7 Å². The molecule has 0 unspecified atom stereocenters. The van der Waals surface area contributed by atoms with E-state index < -0.39 is 36.4 Å². The largest absolute Gasteiger partial charge is 0.504 e. The van der Waals surface area contributed by atoms with Gasteiger partial charge in [-0.15, -0.1) is 0 Å². The van der Waals surface area contributed by atoms with Crippen LogP contribution in [-0.2, 0) is 27.2 Å². The topological polar surface area (TPSA) is 145 Å². The number of ether oxygens (including phenoxy) is 1. The summed E-state index contributed by atoms with van der Waals surface area (Å²) in [4.78, 5) is 35.4. The number of carbonyl (C=O) groups is 3. The summed E-state index contributed by atoms with van der Waals surface area (Å²) in [5.74, 6) is -2.68. The van der Waals surface area contributed by atoms with Gasteiger partial charge in [-0.3, -0.25) is 9.59 Å². The molecule has 1 amide bonds. The van der Waals surface area contributed by atoms with Crippen LogP contribution in [-0.4, -0.2) is 58.9 Å². The van der Waals surface area contributed by atoms with Gasteiger partial charge in [0.15, 0.2) is 11.5 Å². The third-order valence-electron chi connectivity index (χ3n) is 4.91. The van der Waals surface area contributed by atoms with Crippen molar-refractivity contribution in [3.63, 3.8) is 0 Å². The summed E-state index contributed by atoms with van der Waals surface area (Å²) in [6, 6.07) is 11.7. The first-order chi connectivity index (χ1) is 15.3. The van der Waals surface area contributed by atoms with Gasteiger partial charge >= 0.3 is 11.9 Å². The van der Waals surface area contributed by atoms with Crippen molar-refractivity contribution < 1.29 is 34.4 Å². The third-order valence-corrected chi connectivity index (χ3v) is 4.91. The number of hydrogen-bond donors (Lipinski definition) is 5. The number of hydrogen-bond acceptors (Lipinski definition) is 6. The lowest BCUT2D eigenvalue weighted by atomic mass is 10.0. The molecule has 9 heteroatoms. The average Bonchev–Trinajstić information content (AvgIpc) is 2.76. The monoisotopic (exact) mass is 444 g/mol. The molecule has 0 saturated carbocycles. The first kappa shape index (κ1) is 24.7. The second-order valence-corrected chi connectivity index (χ2v) is 7.27. The lowest BCUT2D eigenvalue weighted by Gasteiger charge is -2.20. The molecule has 0 aromatic heterocycles. The van der Waals surface area contributed by atoms with E-state index in [-0.39, 0.29) is 12.2 Å². The van der Waals surface area contributed by atoms with Crippen molar-refractivity contribution in [3.8, 4) is 11.5 Å². The number of benzene rings is 2. The number of carboxylic acid groups (broad SMARTS) is 2. The van der Waals surface area contributed by atoms with Crippen LogP contribution in [0.25, 0.3) is 0 Å². The van der Waals surface area contributed by atoms with E-state index in [1.807, 2.05) is 0 Å². The van der Waals surface area contributed by atoms with E-state index in [1.165, 1.54) is 7.11 Å². The predicted octanol–water partition coefficient (Wildman–Crippen LogP) is 1.58. The normalized spacial score (nSPS) is 12.5. The minimum Gasteiger partial charge on any atom is -0.504 e. The molecule has 32 heavy (non-hydrogen) atoms. The summed E-state index contributed by atoms with van der Waals surface area (Å²) in [6.45, 7) is 0.290. The van der Waals surface area contributed by atoms with Gasteiger partial charge in [-0.25, -0.2) is 4.79 Å². The van der Waals surface area contributed by atoms with Crippen LogP contribution in [0.15, 0.2) is 48.5 Å². The minimum atomic E-state index is -1.20. The van der Waals surface area contributed by atoms with E-state index in [0.29, 0.717) is 30.7 Å². The SMILES string of the molecule is COc1cccc(CCCN[C@@H](CC(=O)O)C(=O)N[C@@H](Cc2ccccc2)C(=O)O)c1O. The van der Waals surface area contributed by atoms with E-state index in [0.717, 1.165) is 5.56 Å². The van der Waals surface area contributed by atoms with Crippen molar-refractivity contribution in [1.29, 1.82) is 0 Å². The number of aryl methyl sites for hydroxylation is 1. The number of phenolic OH excluding ortho intramolecular Hbond substituents is 1. The fourth-order valence-electron chi connectivity index (χ4n) is 3.24. The van der Waals surface area contributed by atoms with Crippen LogP contribution in [0.4, 0.5) is 0 Å². The van der Waals surface area contributed by atoms with Crippen molar-refractivity contribution in [1.82, 2.24) is 10.6 Å². The number of carbonyl (C=O) groups excluding carboxylic acids is 1. The van der Waals surface area contributed by atoms with Crippen molar-refractivity contribution in [2.24, 2.45) is 0 Å². The van der Waals surface area contributed by atoms with E-state index in [2.05, 4.69) is 10.6 Å². The highest BCUT2D eigenvalue weighted by molar-refractivity contribution is 5.89. The Bertz CT molecular complexity index is 918. The predicted molar refractivity (Wildman–Crippen MR) is 117 cm³/mol. The molecular formula is C23H28N2O7. The maximum Gasteiger partial charge on any atom is 0.326 e. The third kappa shape index (κ3) is 7.59. The van der Waals surface area contributed by atoms with Crippen molar-refractivity contribution >= 4 is 17.8 Å². The number of carboxylic acids is 2. The van der Waals surface area contributed by atoms with Crippen LogP contribution in [0.5, 0.6) is 11.5 Å².